The Kier molecular flexibility index (Phi) is 10.7. The van der Waals surface area contributed by atoms with Gasteiger partial charge in [0.1, 0.15) is 5.75 Å². The number of benzene rings is 1. The highest BCUT2D eigenvalue weighted by atomic mass is 35.5. The molecule has 0 radical (unpaired) electrons. The fourth-order valence-corrected chi connectivity index (χ4v) is 1.97. The summed E-state index contributed by atoms with van der Waals surface area (Å²) in [5.74, 6) is 1.02. The molecule has 0 aliphatic carbocycles. The maximum Gasteiger partial charge on any atom is 0.237 e. The van der Waals surface area contributed by atoms with Gasteiger partial charge in [0.05, 0.1) is 12.6 Å². The molecule has 3 N–H and O–H groups in total. The van der Waals surface area contributed by atoms with Gasteiger partial charge in [-0.15, -0.1) is 12.4 Å². The van der Waals surface area contributed by atoms with Crippen molar-refractivity contribution in [3.05, 3.63) is 29.8 Å². The fourth-order valence-electron chi connectivity index (χ4n) is 1.97. The first-order valence-electron chi connectivity index (χ1n) is 7.83. The van der Waals surface area contributed by atoms with Gasteiger partial charge in [0.25, 0.3) is 0 Å². The molecule has 22 heavy (non-hydrogen) atoms. The number of carbonyl (C=O) groups excluding carboxylic acids is 1. The van der Waals surface area contributed by atoms with Gasteiger partial charge in [-0.2, -0.15) is 0 Å². The molecule has 0 fully saturated rings. The lowest BCUT2D eigenvalue weighted by Crippen LogP contribution is -2.45. The Hall–Kier alpha value is -1.26. The SMILES string of the molecule is CCCOc1cccc(CCNC(=O)C(N)C(C)CC)c1.Cl. The van der Waals surface area contributed by atoms with Crippen molar-refractivity contribution >= 4 is 18.3 Å². The Morgan fingerprint density at radius 3 is 2.73 bits per heavy atom. The second kappa shape index (κ2) is 11.3. The normalized spacial score (nSPS) is 12.9. The van der Waals surface area contributed by atoms with Crippen molar-refractivity contribution in [2.45, 2.75) is 46.1 Å². The molecule has 5 heteroatoms. The Labute approximate surface area is 140 Å². The van der Waals surface area contributed by atoms with Crippen LogP contribution in [0.4, 0.5) is 0 Å². The molecule has 1 aromatic rings. The number of hydrogen-bond donors (Lipinski definition) is 2. The van der Waals surface area contributed by atoms with Gasteiger partial charge >= 0.3 is 0 Å². The number of ether oxygens (including phenoxy) is 1. The van der Waals surface area contributed by atoms with Gasteiger partial charge in [-0.05, 0) is 36.5 Å². The van der Waals surface area contributed by atoms with Gasteiger partial charge in [-0.25, -0.2) is 0 Å². The molecule has 0 aliphatic heterocycles. The Balaban J connectivity index is 0.00000441. The van der Waals surface area contributed by atoms with E-state index in [1.54, 1.807) is 0 Å². The predicted octanol–water partition coefficient (Wildman–Crippen LogP) is 2.93. The molecular weight excluding hydrogens is 300 g/mol. The van der Waals surface area contributed by atoms with Crippen molar-refractivity contribution in [1.29, 1.82) is 0 Å². The Morgan fingerprint density at radius 2 is 2.09 bits per heavy atom. The van der Waals surface area contributed by atoms with E-state index in [1.807, 2.05) is 38.1 Å². The number of nitrogens with two attached hydrogens (primary N) is 1. The minimum Gasteiger partial charge on any atom is -0.494 e. The van der Waals surface area contributed by atoms with E-state index in [1.165, 1.54) is 0 Å². The molecule has 1 amide bonds. The monoisotopic (exact) mass is 328 g/mol. The smallest absolute Gasteiger partial charge is 0.237 e. The summed E-state index contributed by atoms with van der Waals surface area (Å²) in [5.41, 5.74) is 7.05. The van der Waals surface area contributed by atoms with Crippen molar-refractivity contribution in [3.63, 3.8) is 0 Å². The summed E-state index contributed by atoms with van der Waals surface area (Å²) in [6, 6.07) is 7.58. The molecule has 2 atom stereocenters. The first-order chi connectivity index (χ1) is 10.1. The molecule has 0 spiro atoms. The molecule has 0 aliphatic rings. The lowest BCUT2D eigenvalue weighted by atomic mass is 9.99. The maximum absolute atomic E-state index is 11.9. The van der Waals surface area contributed by atoms with Crippen molar-refractivity contribution in [3.8, 4) is 5.75 Å². The van der Waals surface area contributed by atoms with Gasteiger partial charge in [-0.1, -0.05) is 39.3 Å². The van der Waals surface area contributed by atoms with E-state index in [-0.39, 0.29) is 24.2 Å². The third kappa shape index (κ3) is 7.14. The van der Waals surface area contributed by atoms with Crippen LogP contribution in [-0.2, 0) is 11.2 Å². The van der Waals surface area contributed by atoms with Crippen LogP contribution < -0.4 is 15.8 Å². The van der Waals surface area contributed by atoms with Crippen LogP contribution in [0.3, 0.4) is 0 Å². The zero-order chi connectivity index (χ0) is 15.7. The first-order valence-corrected chi connectivity index (χ1v) is 7.83. The largest absolute Gasteiger partial charge is 0.494 e. The zero-order valence-electron chi connectivity index (χ0n) is 13.8. The number of amides is 1. The number of hydrogen-bond acceptors (Lipinski definition) is 3. The summed E-state index contributed by atoms with van der Waals surface area (Å²) < 4.78 is 5.60. The Morgan fingerprint density at radius 1 is 1.36 bits per heavy atom. The van der Waals surface area contributed by atoms with Gasteiger partial charge in [0.15, 0.2) is 0 Å². The summed E-state index contributed by atoms with van der Waals surface area (Å²) in [6.07, 6.45) is 2.68. The lowest BCUT2D eigenvalue weighted by Gasteiger charge is -2.17. The molecule has 1 rings (SSSR count). The van der Waals surface area contributed by atoms with Crippen molar-refractivity contribution in [1.82, 2.24) is 5.32 Å². The van der Waals surface area contributed by atoms with Crippen LogP contribution in [0.25, 0.3) is 0 Å². The molecule has 0 saturated heterocycles. The van der Waals surface area contributed by atoms with E-state index < -0.39 is 6.04 Å². The molecule has 0 heterocycles. The molecule has 0 bridgehead atoms. The minimum atomic E-state index is -0.422. The van der Waals surface area contributed by atoms with Gasteiger partial charge in [0.2, 0.25) is 5.91 Å². The van der Waals surface area contributed by atoms with E-state index in [0.29, 0.717) is 6.54 Å². The molecule has 1 aromatic carbocycles. The predicted molar refractivity (Wildman–Crippen MR) is 93.6 cm³/mol. The second-order valence-corrected chi connectivity index (χ2v) is 5.45. The number of nitrogens with one attached hydrogen (secondary N) is 1. The quantitative estimate of drug-likeness (QED) is 0.732. The van der Waals surface area contributed by atoms with Gasteiger partial charge in [0, 0.05) is 6.54 Å². The van der Waals surface area contributed by atoms with Crippen LogP contribution in [0.1, 0.15) is 39.2 Å². The second-order valence-electron chi connectivity index (χ2n) is 5.45. The summed E-state index contributed by atoms with van der Waals surface area (Å²) >= 11 is 0. The maximum atomic E-state index is 11.9. The van der Waals surface area contributed by atoms with Gasteiger partial charge in [-0.3, -0.25) is 4.79 Å². The highest BCUT2D eigenvalue weighted by Crippen LogP contribution is 2.14. The number of carbonyl (C=O) groups is 1. The average molecular weight is 329 g/mol. The van der Waals surface area contributed by atoms with E-state index in [9.17, 15) is 4.79 Å². The first kappa shape index (κ1) is 20.7. The minimum absolute atomic E-state index is 0. The van der Waals surface area contributed by atoms with Crippen molar-refractivity contribution in [2.75, 3.05) is 13.2 Å². The van der Waals surface area contributed by atoms with Crippen LogP contribution in [0, 0.1) is 5.92 Å². The standard InChI is InChI=1S/C17H28N2O2.ClH/c1-4-11-21-15-8-6-7-14(12-15)9-10-19-17(20)16(18)13(3)5-2;/h6-8,12-13,16H,4-5,9-11,18H2,1-3H3,(H,19,20);1H. The third-order valence-electron chi connectivity index (χ3n) is 3.64. The van der Waals surface area contributed by atoms with Crippen LogP contribution in [0.2, 0.25) is 0 Å². The molecule has 4 nitrogen and oxygen atoms in total. The van der Waals surface area contributed by atoms with Crippen LogP contribution in [0.15, 0.2) is 24.3 Å². The third-order valence-corrected chi connectivity index (χ3v) is 3.64. The zero-order valence-corrected chi connectivity index (χ0v) is 14.6. The van der Waals surface area contributed by atoms with E-state index in [2.05, 4.69) is 12.2 Å². The molecule has 2 unspecified atom stereocenters. The van der Waals surface area contributed by atoms with Crippen LogP contribution in [-0.4, -0.2) is 25.1 Å². The lowest BCUT2D eigenvalue weighted by molar-refractivity contribution is -0.123. The van der Waals surface area contributed by atoms with E-state index in [0.717, 1.165) is 37.2 Å². The average Bonchev–Trinajstić information content (AvgIpc) is 2.51. The summed E-state index contributed by atoms with van der Waals surface area (Å²) in [5, 5.41) is 2.90. The molecule has 126 valence electrons. The summed E-state index contributed by atoms with van der Waals surface area (Å²) in [6.45, 7) is 7.45. The topological polar surface area (TPSA) is 64.3 Å². The van der Waals surface area contributed by atoms with E-state index in [4.69, 9.17) is 10.5 Å². The van der Waals surface area contributed by atoms with Crippen LogP contribution in [0.5, 0.6) is 5.75 Å². The van der Waals surface area contributed by atoms with E-state index >= 15 is 0 Å². The van der Waals surface area contributed by atoms with Gasteiger partial charge < -0.3 is 15.8 Å². The Bertz CT molecular complexity index is 440. The summed E-state index contributed by atoms with van der Waals surface area (Å²) in [7, 11) is 0. The molecule has 0 saturated carbocycles. The van der Waals surface area contributed by atoms with Crippen molar-refractivity contribution < 1.29 is 9.53 Å². The van der Waals surface area contributed by atoms with Crippen LogP contribution >= 0.6 is 12.4 Å². The number of rotatable bonds is 9. The number of halogens is 1. The fraction of sp³-hybridized carbons (Fsp3) is 0.588. The van der Waals surface area contributed by atoms with Crippen molar-refractivity contribution in [2.24, 2.45) is 11.7 Å². The highest BCUT2D eigenvalue weighted by Gasteiger charge is 2.18. The highest BCUT2D eigenvalue weighted by molar-refractivity contribution is 5.85. The molecular formula is C17H29ClN2O2. The summed E-state index contributed by atoms with van der Waals surface area (Å²) in [4.78, 5) is 11.9. The molecule has 0 aromatic heterocycles.